The first kappa shape index (κ1) is 14.5. The molecule has 1 aliphatic heterocycles. The van der Waals surface area contributed by atoms with Gasteiger partial charge in [0.1, 0.15) is 0 Å². The predicted octanol–water partition coefficient (Wildman–Crippen LogP) is 3.38. The molecule has 1 unspecified atom stereocenters. The van der Waals surface area contributed by atoms with Crippen molar-refractivity contribution in [2.45, 2.75) is 6.42 Å². The third-order valence-corrected chi connectivity index (χ3v) is 4.51. The largest absolute Gasteiger partial charge is 0.478 e. The topological polar surface area (TPSA) is 66.4 Å². The van der Waals surface area contributed by atoms with Gasteiger partial charge in [-0.1, -0.05) is 23.2 Å². The van der Waals surface area contributed by atoms with E-state index in [9.17, 15) is 9.59 Å². The van der Waals surface area contributed by atoms with Crippen molar-refractivity contribution in [3.05, 3.63) is 27.7 Å². The van der Waals surface area contributed by atoms with E-state index < -0.39 is 5.97 Å². The summed E-state index contributed by atoms with van der Waals surface area (Å²) in [5.41, 5.74) is 0.0111. The van der Waals surface area contributed by atoms with E-state index in [1.54, 1.807) is 11.8 Å². The molecule has 1 saturated heterocycles. The van der Waals surface area contributed by atoms with Crippen molar-refractivity contribution in [1.29, 1.82) is 0 Å². The molecule has 4 nitrogen and oxygen atoms in total. The molecule has 1 fully saturated rings. The Labute approximate surface area is 124 Å². The molecule has 0 spiro atoms. The van der Waals surface area contributed by atoms with Crippen LogP contribution in [-0.2, 0) is 4.79 Å². The van der Waals surface area contributed by atoms with Crippen LogP contribution >= 0.6 is 35.0 Å². The lowest BCUT2D eigenvalue weighted by Crippen LogP contribution is -2.23. The average molecular weight is 320 g/mol. The zero-order valence-electron chi connectivity index (χ0n) is 9.78. The van der Waals surface area contributed by atoms with Crippen molar-refractivity contribution in [3.8, 4) is 0 Å². The first-order valence-corrected chi connectivity index (χ1v) is 7.51. The normalized spacial score (nSPS) is 18.3. The van der Waals surface area contributed by atoms with Gasteiger partial charge in [-0.2, -0.15) is 11.8 Å². The van der Waals surface area contributed by atoms with E-state index in [2.05, 4.69) is 5.32 Å². The summed E-state index contributed by atoms with van der Waals surface area (Å²) < 4.78 is 0. The molecule has 0 bridgehead atoms. The van der Waals surface area contributed by atoms with E-state index in [1.165, 1.54) is 12.1 Å². The molecule has 7 heteroatoms. The lowest BCUT2D eigenvalue weighted by atomic mass is 10.1. The summed E-state index contributed by atoms with van der Waals surface area (Å²) in [6.07, 6.45) is 0.796. The molecule has 1 amide bonds. The predicted molar refractivity (Wildman–Crippen MR) is 77.5 cm³/mol. The Bertz CT molecular complexity index is 530. The van der Waals surface area contributed by atoms with Crippen molar-refractivity contribution in [3.63, 3.8) is 0 Å². The molecular weight excluding hydrogens is 309 g/mol. The van der Waals surface area contributed by atoms with Crippen LogP contribution in [0.3, 0.4) is 0 Å². The summed E-state index contributed by atoms with van der Waals surface area (Å²) in [6.45, 7) is 0. The number of benzene rings is 1. The average Bonchev–Trinajstić information content (AvgIpc) is 2.85. The second-order valence-electron chi connectivity index (χ2n) is 4.17. The lowest BCUT2D eigenvalue weighted by Gasteiger charge is -2.13. The van der Waals surface area contributed by atoms with Gasteiger partial charge in [0.2, 0.25) is 5.91 Å². The summed E-state index contributed by atoms with van der Waals surface area (Å²) in [7, 11) is 0. The van der Waals surface area contributed by atoms with E-state index in [1.807, 2.05) is 0 Å². The van der Waals surface area contributed by atoms with Crippen LogP contribution in [0.15, 0.2) is 12.1 Å². The highest BCUT2D eigenvalue weighted by Crippen LogP contribution is 2.32. The quantitative estimate of drug-likeness (QED) is 0.896. The monoisotopic (exact) mass is 319 g/mol. The van der Waals surface area contributed by atoms with Gasteiger partial charge < -0.3 is 10.4 Å². The fraction of sp³-hybridized carbons (Fsp3) is 0.333. The number of amides is 1. The molecule has 1 aromatic carbocycles. The molecule has 0 saturated carbocycles. The van der Waals surface area contributed by atoms with Gasteiger partial charge in [0.25, 0.3) is 0 Å². The number of hydrogen-bond acceptors (Lipinski definition) is 3. The van der Waals surface area contributed by atoms with Gasteiger partial charge in [0.15, 0.2) is 0 Å². The van der Waals surface area contributed by atoms with Crippen molar-refractivity contribution in [2.75, 3.05) is 16.8 Å². The number of carboxylic acid groups (broad SMARTS) is 1. The summed E-state index contributed by atoms with van der Waals surface area (Å²) in [5.74, 6) is 0.216. The fourth-order valence-corrected chi connectivity index (χ4v) is 3.60. The Morgan fingerprint density at radius 2 is 2.11 bits per heavy atom. The Morgan fingerprint density at radius 1 is 1.37 bits per heavy atom. The number of thioether (sulfide) groups is 1. The molecule has 2 N–H and O–H groups in total. The van der Waals surface area contributed by atoms with Gasteiger partial charge in [-0.05, 0) is 24.3 Å². The summed E-state index contributed by atoms with van der Waals surface area (Å²) in [6, 6.07) is 2.68. The number of carbonyl (C=O) groups is 2. The number of rotatable bonds is 3. The van der Waals surface area contributed by atoms with Gasteiger partial charge >= 0.3 is 5.97 Å². The highest BCUT2D eigenvalue weighted by Gasteiger charge is 2.25. The van der Waals surface area contributed by atoms with E-state index in [-0.39, 0.29) is 33.1 Å². The van der Waals surface area contributed by atoms with E-state index >= 15 is 0 Å². The van der Waals surface area contributed by atoms with Crippen molar-refractivity contribution in [1.82, 2.24) is 0 Å². The second kappa shape index (κ2) is 6.03. The number of aromatic carboxylic acids is 1. The van der Waals surface area contributed by atoms with Crippen molar-refractivity contribution < 1.29 is 14.7 Å². The minimum atomic E-state index is -1.18. The summed E-state index contributed by atoms with van der Waals surface area (Å²) >= 11 is 13.4. The Hall–Kier alpha value is -0.910. The van der Waals surface area contributed by atoms with Crippen LogP contribution in [0.25, 0.3) is 0 Å². The first-order chi connectivity index (χ1) is 8.99. The molecule has 102 valence electrons. The Kier molecular flexibility index (Phi) is 4.60. The van der Waals surface area contributed by atoms with Crippen LogP contribution < -0.4 is 5.32 Å². The zero-order chi connectivity index (χ0) is 14.0. The molecule has 0 radical (unpaired) electrons. The van der Waals surface area contributed by atoms with E-state index in [0.717, 1.165) is 17.9 Å². The van der Waals surface area contributed by atoms with Gasteiger partial charge in [-0.25, -0.2) is 4.79 Å². The minimum absolute atomic E-state index is 0.0987. The second-order valence-corrected chi connectivity index (χ2v) is 6.16. The number of carbonyl (C=O) groups excluding carboxylic acids is 1. The molecule has 1 aliphatic rings. The van der Waals surface area contributed by atoms with Gasteiger partial charge in [-0.15, -0.1) is 0 Å². The number of anilines is 1. The number of carboxylic acids is 1. The maximum absolute atomic E-state index is 12.0. The Balaban J connectivity index is 2.28. The number of halogens is 2. The van der Waals surface area contributed by atoms with Gasteiger partial charge in [-0.3, -0.25) is 4.79 Å². The van der Waals surface area contributed by atoms with E-state index in [0.29, 0.717) is 0 Å². The van der Waals surface area contributed by atoms with Crippen LogP contribution in [-0.4, -0.2) is 28.5 Å². The van der Waals surface area contributed by atoms with Gasteiger partial charge in [0.05, 0.1) is 16.3 Å². The van der Waals surface area contributed by atoms with Crippen LogP contribution in [0, 0.1) is 5.92 Å². The van der Waals surface area contributed by atoms with Crippen LogP contribution in [0.1, 0.15) is 16.8 Å². The van der Waals surface area contributed by atoms with Crippen LogP contribution in [0.2, 0.25) is 10.0 Å². The first-order valence-electron chi connectivity index (χ1n) is 5.60. The van der Waals surface area contributed by atoms with Crippen LogP contribution in [0.5, 0.6) is 0 Å². The van der Waals surface area contributed by atoms with E-state index in [4.69, 9.17) is 28.3 Å². The standard InChI is InChI=1S/C12H11Cl2NO3S/c13-7-3-8(12(17)18)10(9(14)4-7)15-11(16)6-1-2-19-5-6/h3-4,6H,1-2,5H2,(H,15,16)(H,17,18). The van der Waals surface area contributed by atoms with Gasteiger partial charge in [0, 0.05) is 16.7 Å². The van der Waals surface area contributed by atoms with Crippen molar-refractivity contribution >= 4 is 52.5 Å². The lowest BCUT2D eigenvalue weighted by molar-refractivity contribution is -0.119. The smallest absolute Gasteiger partial charge is 0.337 e. The number of hydrogen-bond donors (Lipinski definition) is 2. The maximum Gasteiger partial charge on any atom is 0.337 e. The molecular formula is C12H11Cl2NO3S. The third kappa shape index (κ3) is 3.35. The van der Waals surface area contributed by atoms with Crippen LogP contribution in [0.4, 0.5) is 5.69 Å². The molecule has 2 rings (SSSR count). The summed E-state index contributed by atoms with van der Waals surface area (Å²) in [5, 5.41) is 12.1. The molecule has 1 atom stereocenters. The summed E-state index contributed by atoms with van der Waals surface area (Å²) in [4.78, 5) is 23.2. The molecule has 19 heavy (non-hydrogen) atoms. The van der Waals surface area contributed by atoms with Crippen molar-refractivity contribution in [2.24, 2.45) is 5.92 Å². The maximum atomic E-state index is 12.0. The highest BCUT2D eigenvalue weighted by molar-refractivity contribution is 7.99. The molecule has 0 aromatic heterocycles. The Morgan fingerprint density at radius 3 is 2.68 bits per heavy atom. The highest BCUT2D eigenvalue weighted by atomic mass is 35.5. The number of nitrogens with one attached hydrogen (secondary N) is 1. The fourth-order valence-electron chi connectivity index (χ4n) is 1.84. The SMILES string of the molecule is O=C(O)c1cc(Cl)cc(Cl)c1NC(=O)C1CCSC1. The molecule has 1 aromatic rings. The third-order valence-electron chi connectivity index (χ3n) is 2.83. The zero-order valence-corrected chi connectivity index (χ0v) is 12.1. The minimum Gasteiger partial charge on any atom is -0.478 e. The molecule has 1 heterocycles. The molecule has 0 aliphatic carbocycles.